The third-order valence-electron chi connectivity index (χ3n) is 4.27. The Bertz CT molecular complexity index is 726. The molecule has 2 N–H and O–H groups in total. The van der Waals surface area contributed by atoms with Gasteiger partial charge in [0.25, 0.3) is 0 Å². The summed E-state index contributed by atoms with van der Waals surface area (Å²) in [4.78, 5) is 21.7. The van der Waals surface area contributed by atoms with Gasteiger partial charge in [0.1, 0.15) is 11.5 Å². The maximum Gasteiger partial charge on any atom is 0.576 e. The molecule has 2 rings (SSSR count). The van der Waals surface area contributed by atoms with E-state index in [0.717, 1.165) is 11.1 Å². The van der Waals surface area contributed by atoms with Crippen LogP contribution < -0.4 is 9.31 Å². The molecule has 0 aliphatic rings. The molecule has 142 valence electrons. The average Bonchev–Trinajstić information content (AvgIpc) is 2.61. The van der Waals surface area contributed by atoms with Gasteiger partial charge >= 0.3 is 19.6 Å². The van der Waals surface area contributed by atoms with Gasteiger partial charge in [0.05, 0.1) is 12.8 Å². The number of hydrogen-bond donors (Lipinski definition) is 2. The van der Waals surface area contributed by atoms with E-state index in [4.69, 9.17) is 19.5 Å². The Morgan fingerprint density at radius 3 is 1.63 bits per heavy atom. The minimum absolute atomic E-state index is 0.00642. The van der Waals surface area contributed by atoms with Crippen LogP contribution in [-0.4, -0.2) is 29.8 Å². The predicted octanol–water partition coefficient (Wildman–Crippen LogP) is 3.57. The van der Waals surface area contributed by atoms with Crippen molar-refractivity contribution < 1.29 is 29.1 Å². The lowest BCUT2D eigenvalue weighted by molar-refractivity contribution is -0.138. The first kappa shape index (κ1) is 20.4. The van der Waals surface area contributed by atoms with Crippen molar-refractivity contribution in [2.45, 2.75) is 38.5 Å². The highest BCUT2D eigenvalue weighted by molar-refractivity contribution is 6.20. The summed E-state index contributed by atoms with van der Waals surface area (Å²) in [5.74, 6) is -0.706. The third-order valence-corrected chi connectivity index (χ3v) is 4.27. The first-order valence-corrected chi connectivity index (χ1v) is 8.74. The van der Waals surface area contributed by atoms with Crippen molar-refractivity contribution in [3.8, 4) is 11.5 Å². The van der Waals surface area contributed by atoms with Crippen molar-refractivity contribution in [3.05, 3.63) is 59.7 Å². The summed E-state index contributed by atoms with van der Waals surface area (Å²) < 4.78 is 11.2. The fourth-order valence-corrected chi connectivity index (χ4v) is 2.75. The van der Waals surface area contributed by atoms with Crippen LogP contribution in [-0.2, 0) is 9.59 Å². The highest BCUT2D eigenvalue weighted by Gasteiger charge is 2.12. The van der Waals surface area contributed by atoms with E-state index in [1.54, 1.807) is 12.1 Å². The SMILES string of the molecule is CC(CC(=O)O)c1cccc(OBOc2cccc(C(C)CC(=O)O)c2)c1. The highest BCUT2D eigenvalue weighted by Crippen LogP contribution is 2.25. The van der Waals surface area contributed by atoms with Gasteiger partial charge in [-0.3, -0.25) is 9.59 Å². The molecule has 27 heavy (non-hydrogen) atoms. The van der Waals surface area contributed by atoms with Gasteiger partial charge in [0, 0.05) is 0 Å². The van der Waals surface area contributed by atoms with Crippen molar-refractivity contribution >= 4 is 19.6 Å². The Hall–Kier alpha value is -2.96. The molecule has 0 radical (unpaired) electrons. The summed E-state index contributed by atoms with van der Waals surface area (Å²) >= 11 is 0. The number of benzene rings is 2. The number of carboxylic acid groups (broad SMARTS) is 2. The van der Waals surface area contributed by atoms with E-state index in [1.165, 1.54) is 0 Å². The number of hydrogen-bond acceptors (Lipinski definition) is 4. The first-order valence-electron chi connectivity index (χ1n) is 8.74. The summed E-state index contributed by atoms with van der Waals surface area (Å²) in [6.45, 7) is 3.71. The lowest BCUT2D eigenvalue weighted by atomic mass is 9.97. The summed E-state index contributed by atoms with van der Waals surface area (Å²) in [5.41, 5.74) is 1.78. The standard InChI is InChI=1S/C20H23BO6/c1-13(9-19(22)23)15-5-3-7-17(11-15)26-21-27-18-8-4-6-16(12-18)14(2)10-20(24)25/h3-8,11-14,21H,9-10H2,1-2H3,(H,22,23)(H,24,25). The first-order chi connectivity index (χ1) is 12.8. The third kappa shape index (κ3) is 6.69. The van der Waals surface area contributed by atoms with Gasteiger partial charge < -0.3 is 19.5 Å². The van der Waals surface area contributed by atoms with Crippen LogP contribution in [0.2, 0.25) is 0 Å². The zero-order chi connectivity index (χ0) is 19.8. The van der Waals surface area contributed by atoms with Crippen LogP contribution in [0, 0.1) is 0 Å². The van der Waals surface area contributed by atoms with E-state index >= 15 is 0 Å². The molecule has 6 nitrogen and oxygen atoms in total. The molecule has 2 aromatic carbocycles. The fourth-order valence-electron chi connectivity index (χ4n) is 2.75. The maximum atomic E-state index is 10.8. The fraction of sp³-hybridized carbons (Fsp3) is 0.300. The Balaban J connectivity index is 1.93. The summed E-state index contributed by atoms with van der Waals surface area (Å²) in [6.07, 6.45) is 0.114. The topological polar surface area (TPSA) is 93.1 Å². The van der Waals surface area contributed by atoms with Gasteiger partial charge in [-0.15, -0.1) is 0 Å². The zero-order valence-corrected chi connectivity index (χ0v) is 15.4. The molecule has 2 aromatic rings. The minimum atomic E-state index is -0.839. The molecular formula is C20H23BO6. The normalized spacial score (nSPS) is 12.7. The van der Waals surface area contributed by atoms with Gasteiger partial charge in [-0.05, 0) is 47.2 Å². The molecule has 2 unspecified atom stereocenters. The molecule has 0 amide bonds. The molecule has 0 saturated carbocycles. The molecule has 0 bridgehead atoms. The van der Waals surface area contributed by atoms with Crippen molar-refractivity contribution in [2.24, 2.45) is 0 Å². The second-order valence-corrected chi connectivity index (χ2v) is 6.55. The molecule has 0 fully saturated rings. The van der Waals surface area contributed by atoms with Crippen molar-refractivity contribution in [1.29, 1.82) is 0 Å². The summed E-state index contributed by atoms with van der Waals surface area (Å²) in [6, 6.07) is 14.6. The monoisotopic (exact) mass is 370 g/mol. The van der Waals surface area contributed by atoms with E-state index in [1.807, 2.05) is 50.2 Å². The van der Waals surface area contributed by atoms with E-state index < -0.39 is 11.9 Å². The molecule has 0 heterocycles. The summed E-state index contributed by atoms with van der Waals surface area (Å²) in [5, 5.41) is 17.8. The van der Waals surface area contributed by atoms with Crippen molar-refractivity contribution in [3.63, 3.8) is 0 Å². The number of carbonyl (C=O) groups is 2. The van der Waals surface area contributed by atoms with Crippen LogP contribution in [0.25, 0.3) is 0 Å². The number of aliphatic carboxylic acids is 2. The molecule has 0 aliphatic carbocycles. The smallest absolute Gasteiger partial charge is 0.529 e. The number of carboxylic acids is 2. The molecule has 0 spiro atoms. The maximum absolute atomic E-state index is 10.8. The van der Waals surface area contributed by atoms with Crippen LogP contribution in [0.15, 0.2) is 48.5 Å². The molecule has 2 atom stereocenters. The van der Waals surface area contributed by atoms with E-state index in [9.17, 15) is 9.59 Å². The summed E-state index contributed by atoms with van der Waals surface area (Å²) in [7, 11) is -0.00642. The Morgan fingerprint density at radius 1 is 0.852 bits per heavy atom. The quantitative estimate of drug-likeness (QED) is 0.621. The van der Waals surface area contributed by atoms with Gasteiger partial charge in [-0.25, -0.2) is 0 Å². The average molecular weight is 370 g/mol. The molecule has 0 saturated heterocycles. The van der Waals surface area contributed by atoms with Crippen LogP contribution in [0.4, 0.5) is 0 Å². The Labute approximate surface area is 159 Å². The molecular weight excluding hydrogens is 347 g/mol. The van der Waals surface area contributed by atoms with E-state index in [2.05, 4.69) is 0 Å². The van der Waals surface area contributed by atoms with Crippen LogP contribution in [0.5, 0.6) is 11.5 Å². The highest BCUT2D eigenvalue weighted by atomic mass is 16.6. The van der Waals surface area contributed by atoms with Crippen LogP contribution in [0.3, 0.4) is 0 Å². The van der Waals surface area contributed by atoms with Gasteiger partial charge in [0.15, 0.2) is 0 Å². The van der Waals surface area contributed by atoms with Gasteiger partial charge in [0.2, 0.25) is 0 Å². The second-order valence-electron chi connectivity index (χ2n) is 6.55. The lowest BCUT2D eigenvalue weighted by Crippen LogP contribution is -2.12. The molecule has 7 heteroatoms. The second kappa shape index (κ2) is 9.66. The Kier molecular flexibility index (Phi) is 7.29. The zero-order valence-electron chi connectivity index (χ0n) is 15.4. The Morgan fingerprint density at radius 2 is 1.26 bits per heavy atom. The number of rotatable bonds is 10. The largest absolute Gasteiger partial charge is 0.576 e. The van der Waals surface area contributed by atoms with Crippen molar-refractivity contribution in [1.82, 2.24) is 0 Å². The van der Waals surface area contributed by atoms with E-state index in [-0.39, 0.29) is 32.4 Å². The lowest BCUT2D eigenvalue weighted by Gasteiger charge is -2.13. The van der Waals surface area contributed by atoms with Crippen LogP contribution >= 0.6 is 0 Å². The van der Waals surface area contributed by atoms with Gasteiger partial charge in [-0.1, -0.05) is 38.1 Å². The van der Waals surface area contributed by atoms with E-state index in [0.29, 0.717) is 11.5 Å². The van der Waals surface area contributed by atoms with Gasteiger partial charge in [-0.2, -0.15) is 0 Å². The molecule has 0 aliphatic heterocycles. The van der Waals surface area contributed by atoms with Crippen molar-refractivity contribution in [2.75, 3.05) is 0 Å². The molecule has 0 aromatic heterocycles. The predicted molar refractivity (Wildman–Crippen MR) is 103 cm³/mol. The van der Waals surface area contributed by atoms with Crippen LogP contribution in [0.1, 0.15) is 49.7 Å². The minimum Gasteiger partial charge on any atom is -0.529 e.